The summed E-state index contributed by atoms with van der Waals surface area (Å²) in [5, 5.41) is 11.7. The summed E-state index contributed by atoms with van der Waals surface area (Å²) in [7, 11) is 0. The molecule has 1 amide bonds. The van der Waals surface area contributed by atoms with Crippen LogP contribution in [0, 0.1) is 13.8 Å². The van der Waals surface area contributed by atoms with E-state index in [9.17, 15) is 14.7 Å². The van der Waals surface area contributed by atoms with Gasteiger partial charge in [0.1, 0.15) is 12.4 Å². The van der Waals surface area contributed by atoms with E-state index in [0.717, 1.165) is 16.8 Å². The predicted molar refractivity (Wildman–Crippen MR) is 108 cm³/mol. The Hall–Kier alpha value is -3.19. The molecule has 1 heterocycles. The van der Waals surface area contributed by atoms with Gasteiger partial charge in [0.15, 0.2) is 5.13 Å². The van der Waals surface area contributed by atoms with E-state index < -0.39 is 5.97 Å². The third kappa shape index (κ3) is 4.37. The second-order valence-electron chi connectivity index (χ2n) is 6.39. The number of esters is 1. The van der Waals surface area contributed by atoms with Crippen LogP contribution in [0.3, 0.4) is 0 Å². The number of rotatable bonds is 5. The van der Waals surface area contributed by atoms with Gasteiger partial charge in [0.2, 0.25) is 5.91 Å². The van der Waals surface area contributed by atoms with Gasteiger partial charge in [-0.15, -0.1) is 11.3 Å². The van der Waals surface area contributed by atoms with E-state index in [1.807, 2.05) is 32.0 Å². The summed E-state index contributed by atoms with van der Waals surface area (Å²) in [6.45, 7) is 5.41. The Morgan fingerprint density at radius 3 is 2.64 bits per heavy atom. The quantitative estimate of drug-likeness (QED) is 0.642. The summed E-state index contributed by atoms with van der Waals surface area (Å²) in [6.07, 6.45) is 0. The molecule has 0 saturated heterocycles. The van der Waals surface area contributed by atoms with E-state index in [-0.39, 0.29) is 23.8 Å². The number of phenols is 1. The Morgan fingerprint density at radius 2 is 1.96 bits per heavy atom. The van der Waals surface area contributed by atoms with Crippen LogP contribution in [0.4, 0.5) is 10.8 Å². The molecule has 0 bridgehead atoms. The molecule has 1 N–H and O–H groups in total. The van der Waals surface area contributed by atoms with E-state index >= 15 is 0 Å². The Balaban J connectivity index is 1.76. The first-order chi connectivity index (χ1) is 13.3. The molecular formula is C21H20N2O4S. The van der Waals surface area contributed by atoms with Crippen LogP contribution in [0.15, 0.2) is 47.8 Å². The Morgan fingerprint density at radius 1 is 1.18 bits per heavy atom. The molecule has 144 valence electrons. The highest BCUT2D eigenvalue weighted by Gasteiger charge is 2.20. The van der Waals surface area contributed by atoms with Gasteiger partial charge in [0.25, 0.3) is 0 Å². The van der Waals surface area contributed by atoms with Gasteiger partial charge in [-0.3, -0.25) is 9.69 Å². The molecule has 0 aliphatic carbocycles. The molecule has 3 rings (SSSR count). The highest BCUT2D eigenvalue weighted by atomic mass is 32.1. The Kier molecular flexibility index (Phi) is 5.75. The highest BCUT2D eigenvalue weighted by molar-refractivity contribution is 7.14. The van der Waals surface area contributed by atoms with E-state index in [2.05, 4.69) is 4.98 Å². The van der Waals surface area contributed by atoms with Crippen molar-refractivity contribution < 1.29 is 19.4 Å². The average molecular weight is 396 g/mol. The number of carbonyl (C=O) groups excluding carboxylic acids is 2. The first-order valence-corrected chi connectivity index (χ1v) is 9.51. The molecule has 0 atom stereocenters. The molecule has 6 nitrogen and oxygen atoms in total. The van der Waals surface area contributed by atoms with Crippen molar-refractivity contribution in [3.05, 3.63) is 70.2 Å². The number of carbonyl (C=O) groups is 2. The van der Waals surface area contributed by atoms with Crippen molar-refractivity contribution in [2.24, 2.45) is 0 Å². The topological polar surface area (TPSA) is 79.7 Å². The molecule has 2 aromatic carbocycles. The lowest BCUT2D eigenvalue weighted by atomic mass is 10.1. The van der Waals surface area contributed by atoms with Crippen molar-refractivity contribution in [3.63, 3.8) is 0 Å². The molecule has 0 spiro atoms. The third-order valence-electron chi connectivity index (χ3n) is 4.07. The average Bonchev–Trinajstić information content (AvgIpc) is 3.10. The number of thiazole rings is 1. The number of anilines is 2. The van der Waals surface area contributed by atoms with Gasteiger partial charge in [-0.1, -0.05) is 23.8 Å². The van der Waals surface area contributed by atoms with Gasteiger partial charge >= 0.3 is 5.97 Å². The van der Waals surface area contributed by atoms with Crippen LogP contribution in [-0.2, 0) is 16.1 Å². The standard InChI is InChI=1S/C21H20N2O4S/c1-13-7-8-19(14(2)9-13)23(15(3)24)21-22-17(12-28-21)11-27-20(26)16-5-4-6-18(25)10-16/h4-10,12,25H,11H2,1-3H3. The van der Waals surface area contributed by atoms with E-state index in [4.69, 9.17) is 4.74 Å². The number of amides is 1. The zero-order valence-corrected chi connectivity index (χ0v) is 16.6. The molecule has 7 heteroatoms. The summed E-state index contributed by atoms with van der Waals surface area (Å²) >= 11 is 1.31. The molecule has 0 aliphatic heterocycles. The molecule has 0 fully saturated rings. The summed E-state index contributed by atoms with van der Waals surface area (Å²) in [4.78, 5) is 30.4. The normalized spacial score (nSPS) is 10.5. The lowest BCUT2D eigenvalue weighted by Crippen LogP contribution is -2.23. The number of benzene rings is 2. The van der Waals surface area contributed by atoms with Crippen LogP contribution in [-0.4, -0.2) is 22.0 Å². The molecule has 0 unspecified atom stereocenters. The Labute approximate surface area is 167 Å². The van der Waals surface area contributed by atoms with Crippen LogP contribution in [0.1, 0.15) is 34.1 Å². The third-order valence-corrected chi connectivity index (χ3v) is 4.95. The molecular weight excluding hydrogens is 376 g/mol. The zero-order chi connectivity index (χ0) is 20.3. The minimum Gasteiger partial charge on any atom is -0.508 e. The van der Waals surface area contributed by atoms with Crippen LogP contribution < -0.4 is 4.90 Å². The number of phenolic OH excluding ortho intramolecular Hbond substituents is 1. The van der Waals surface area contributed by atoms with Gasteiger partial charge in [-0.25, -0.2) is 9.78 Å². The van der Waals surface area contributed by atoms with Crippen LogP contribution in [0.5, 0.6) is 5.75 Å². The maximum atomic E-state index is 12.3. The van der Waals surface area contributed by atoms with Gasteiger partial charge in [0.05, 0.1) is 16.9 Å². The largest absolute Gasteiger partial charge is 0.508 e. The number of nitrogens with zero attached hydrogens (tertiary/aromatic N) is 2. The van der Waals surface area contributed by atoms with Crippen molar-refractivity contribution in [2.75, 3.05) is 4.90 Å². The first kappa shape index (κ1) is 19.6. The number of aryl methyl sites for hydroxylation is 2. The molecule has 0 aliphatic rings. The maximum absolute atomic E-state index is 12.3. The summed E-state index contributed by atoms with van der Waals surface area (Å²) in [6, 6.07) is 11.8. The molecule has 0 radical (unpaired) electrons. The first-order valence-electron chi connectivity index (χ1n) is 8.63. The fourth-order valence-electron chi connectivity index (χ4n) is 2.78. The van der Waals surface area contributed by atoms with Gasteiger partial charge in [-0.2, -0.15) is 0 Å². The van der Waals surface area contributed by atoms with Gasteiger partial charge in [-0.05, 0) is 43.7 Å². The SMILES string of the molecule is CC(=O)N(c1nc(COC(=O)c2cccc(O)c2)cs1)c1ccc(C)cc1C. The minimum atomic E-state index is -0.553. The maximum Gasteiger partial charge on any atom is 0.338 e. The summed E-state index contributed by atoms with van der Waals surface area (Å²) in [5.41, 5.74) is 3.67. The molecule has 3 aromatic rings. The summed E-state index contributed by atoms with van der Waals surface area (Å²) in [5.74, 6) is -0.705. The van der Waals surface area contributed by atoms with Gasteiger partial charge < -0.3 is 9.84 Å². The zero-order valence-electron chi connectivity index (χ0n) is 15.8. The molecule has 28 heavy (non-hydrogen) atoms. The molecule has 0 saturated carbocycles. The number of aromatic hydroxyl groups is 1. The lowest BCUT2D eigenvalue weighted by molar-refractivity contribution is -0.115. The van der Waals surface area contributed by atoms with E-state index in [1.165, 1.54) is 30.4 Å². The Bertz CT molecular complexity index is 1030. The minimum absolute atomic E-state index is 0.00374. The van der Waals surface area contributed by atoms with Gasteiger partial charge in [0, 0.05) is 12.3 Å². The predicted octanol–water partition coefficient (Wildman–Crippen LogP) is 4.51. The highest BCUT2D eigenvalue weighted by Crippen LogP contribution is 2.32. The fraction of sp³-hybridized carbons (Fsp3) is 0.190. The van der Waals surface area contributed by atoms with Crippen molar-refractivity contribution in [3.8, 4) is 5.75 Å². The van der Waals surface area contributed by atoms with E-state index in [0.29, 0.717) is 10.8 Å². The van der Waals surface area contributed by atoms with Crippen molar-refractivity contribution in [1.82, 2.24) is 4.98 Å². The second-order valence-corrected chi connectivity index (χ2v) is 7.23. The van der Waals surface area contributed by atoms with Crippen LogP contribution in [0.25, 0.3) is 0 Å². The number of hydrogen-bond donors (Lipinski definition) is 1. The van der Waals surface area contributed by atoms with E-state index in [1.54, 1.807) is 22.4 Å². The van der Waals surface area contributed by atoms with Crippen molar-refractivity contribution in [1.29, 1.82) is 0 Å². The van der Waals surface area contributed by atoms with Crippen LogP contribution in [0.2, 0.25) is 0 Å². The number of aromatic nitrogens is 1. The summed E-state index contributed by atoms with van der Waals surface area (Å²) < 4.78 is 5.26. The van der Waals surface area contributed by atoms with Crippen molar-refractivity contribution >= 4 is 34.0 Å². The number of hydrogen-bond acceptors (Lipinski definition) is 6. The monoisotopic (exact) mass is 396 g/mol. The number of ether oxygens (including phenoxy) is 1. The van der Waals surface area contributed by atoms with Crippen LogP contribution >= 0.6 is 11.3 Å². The lowest BCUT2D eigenvalue weighted by Gasteiger charge is -2.20. The molecule has 1 aromatic heterocycles. The second kappa shape index (κ2) is 8.22. The fourth-order valence-corrected chi connectivity index (χ4v) is 3.65. The smallest absolute Gasteiger partial charge is 0.338 e. The van der Waals surface area contributed by atoms with Crippen molar-refractivity contribution in [2.45, 2.75) is 27.4 Å².